The number of hydrogen-bond acceptors (Lipinski definition) is 4. The summed E-state index contributed by atoms with van der Waals surface area (Å²) >= 11 is 4.98. The molecule has 0 aliphatic heterocycles. The van der Waals surface area contributed by atoms with Crippen LogP contribution in [0.1, 0.15) is 35.2 Å². The maximum absolute atomic E-state index is 12.5. The number of amides is 1. The minimum atomic E-state index is -3.51. The average Bonchev–Trinajstić information content (AvgIpc) is 2.85. The van der Waals surface area contributed by atoms with Crippen LogP contribution in [0.5, 0.6) is 0 Å². The molecule has 0 aliphatic rings. The van der Waals surface area contributed by atoms with Crippen LogP contribution in [0.2, 0.25) is 0 Å². The maximum atomic E-state index is 12.5. The molecule has 1 aromatic carbocycles. The number of aryl methyl sites for hydroxylation is 2. The molecule has 0 saturated heterocycles. The van der Waals surface area contributed by atoms with Gasteiger partial charge < -0.3 is 5.32 Å². The van der Waals surface area contributed by atoms with Crippen LogP contribution >= 0.6 is 27.3 Å². The van der Waals surface area contributed by atoms with Crippen molar-refractivity contribution >= 4 is 43.0 Å². The Hall–Kier alpha value is -1.18. The minimum Gasteiger partial charge on any atom is -0.349 e. The summed E-state index contributed by atoms with van der Waals surface area (Å²) in [6.07, 6.45) is 0. The van der Waals surface area contributed by atoms with Gasteiger partial charge in [0.2, 0.25) is 5.91 Å². The highest BCUT2D eigenvalue weighted by atomic mass is 79.9. The van der Waals surface area contributed by atoms with E-state index in [0.717, 1.165) is 10.0 Å². The van der Waals surface area contributed by atoms with Gasteiger partial charge in [-0.2, -0.15) is 0 Å². The van der Waals surface area contributed by atoms with Gasteiger partial charge >= 0.3 is 0 Å². The Labute approximate surface area is 161 Å². The second kappa shape index (κ2) is 8.01. The zero-order valence-electron chi connectivity index (χ0n) is 14.7. The first-order chi connectivity index (χ1) is 11.6. The predicted octanol–water partition coefficient (Wildman–Crippen LogP) is 4.41. The molecule has 4 nitrogen and oxygen atoms in total. The fourth-order valence-corrected chi connectivity index (χ4v) is 5.50. The number of rotatable bonds is 6. The molecule has 2 rings (SSSR count). The van der Waals surface area contributed by atoms with Gasteiger partial charge in [0.05, 0.1) is 16.7 Å². The molecular formula is C18H22BrNO3S2. The molecule has 0 saturated carbocycles. The summed E-state index contributed by atoms with van der Waals surface area (Å²) in [4.78, 5) is 15.0. The van der Waals surface area contributed by atoms with Gasteiger partial charge in [-0.3, -0.25) is 4.79 Å². The molecule has 1 aromatic heterocycles. The highest BCUT2D eigenvalue weighted by Gasteiger charge is 2.25. The molecule has 1 amide bonds. The first-order valence-corrected chi connectivity index (χ1v) is 11.2. The van der Waals surface area contributed by atoms with Crippen molar-refractivity contribution in [2.75, 3.05) is 5.75 Å². The van der Waals surface area contributed by atoms with E-state index in [1.165, 1.54) is 9.75 Å². The van der Waals surface area contributed by atoms with Gasteiger partial charge in [-0.1, -0.05) is 22.9 Å². The molecule has 0 fully saturated rings. The van der Waals surface area contributed by atoms with Crippen molar-refractivity contribution in [2.45, 2.75) is 38.6 Å². The third-order valence-electron chi connectivity index (χ3n) is 3.99. The number of benzene rings is 1. The summed E-state index contributed by atoms with van der Waals surface area (Å²) in [7, 11) is -3.51. The number of sulfone groups is 1. The van der Waals surface area contributed by atoms with E-state index in [9.17, 15) is 13.2 Å². The molecule has 25 heavy (non-hydrogen) atoms. The van der Waals surface area contributed by atoms with Crippen LogP contribution in [-0.4, -0.2) is 20.1 Å². The van der Waals surface area contributed by atoms with Gasteiger partial charge in [-0.15, -0.1) is 11.3 Å². The Bertz CT molecular complexity index is 857. The molecule has 0 bridgehead atoms. The zero-order valence-corrected chi connectivity index (χ0v) is 17.9. The Morgan fingerprint density at radius 2 is 1.80 bits per heavy atom. The first-order valence-electron chi connectivity index (χ1n) is 7.96. The monoisotopic (exact) mass is 443 g/mol. The van der Waals surface area contributed by atoms with Crippen molar-refractivity contribution in [3.63, 3.8) is 0 Å². The fraction of sp³-hybridized carbons (Fsp3) is 0.389. The predicted molar refractivity (Wildman–Crippen MR) is 106 cm³/mol. The van der Waals surface area contributed by atoms with Crippen LogP contribution in [0.3, 0.4) is 0 Å². The van der Waals surface area contributed by atoms with Crippen molar-refractivity contribution in [3.8, 4) is 0 Å². The number of thiophene rings is 1. The highest BCUT2D eigenvalue weighted by Crippen LogP contribution is 2.26. The van der Waals surface area contributed by atoms with E-state index in [-0.39, 0.29) is 22.6 Å². The van der Waals surface area contributed by atoms with Crippen molar-refractivity contribution < 1.29 is 13.2 Å². The summed E-state index contributed by atoms with van der Waals surface area (Å²) in [5.74, 6) is -1.10. The van der Waals surface area contributed by atoms with Crippen LogP contribution in [-0.2, 0) is 14.6 Å². The summed E-state index contributed by atoms with van der Waals surface area (Å²) < 4.78 is 25.8. The lowest BCUT2D eigenvalue weighted by atomic mass is 10.1. The Kier molecular flexibility index (Phi) is 6.45. The molecule has 0 spiro atoms. The molecular weight excluding hydrogens is 422 g/mol. The second-order valence-electron chi connectivity index (χ2n) is 6.24. The highest BCUT2D eigenvalue weighted by molar-refractivity contribution is 9.10. The molecule has 2 atom stereocenters. The van der Waals surface area contributed by atoms with Gasteiger partial charge in [0, 0.05) is 20.1 Å². The molecule has 0 aliphatic carbocycles. The zero-order chi connectivity index (χ0) is 18.8. The standard InChI is InChI=1S/C18H22BrNO3S2/c1-11(10-25(22,23)16-7-5-15(19)6-8-16)18(21)20-13(3)17-9-12(2)24-14(17)4/h5-9,11,13H,10H2,1-4H3,(H,20,21)/t11-,13-/m1/s1. The number of carbonyl (C=O) groups excluding carboxylic acids is 1. The van der Waals surface area contributed by atoms with Crippen molar-refractivity contribution in [1.29, 1.82) is 0 Å². The van der Waals surface area contributed by atoms with Crippen LogP contribution in [0.25, 0.3) is 0 Å². The van der Waals surface area contributed by atoms with Gasteiger partial charge in [0.1, 0.15) is 0 Å². The number of hydrogen-bond donors (Lipinski definition) is 1. The van der Waals surface area contributed by atoms with E-state index >= 15 is 0 Å². The lowest BCUT2D eigenvalue weighted by Crippen LogP contribution is -2.34. The van der Waals surface area contributed by atoms with E-state index in [4.69, 9.17) is 0 Å². The molecule has 1 heterocycles. The summed E-state index contributed by atoms with van der Waals surface area (Å²) in [6.45, 7) is 7.62. The smallest absolute Gasteiger partial charge is 0.224 e. The van der Waals surface area contributed by atoms with Crippen molar-refractivity contribution in [1.82, 2.24) is 5.32 Å². The third kappa shape index (κ3) is 5.15. The van der Waals surface area contributed by atoms with E-state index in [1.54, 1.807) is 42.5 Å². The molecule has 0 radical (unpaired) electrons. The first kappa shape index (κ1) is 20.1. The topological polar surface area (TPSA) is 63.2 Å². The third-order valence-corrected chi connectivity index (χ3v) is 7.43. The van der Waals surface area contributed by atoms with Gasteiger partial charge in [0.25, 0.3) is 0 Å². The number of halogens is 1. The summed E-state index contributed by atoms with van der Waals surface area (Å²) in [6, 6.07) is 8.38. The Morgan fingerprint density at radius 3 is 2.32 bits per heavy atom. The van der Waals surface area contributed by atoms with E-state index in [0.29, 0.717) is 0 Å². The van der Waals surface area contributed by atoms with Gasteiger partial charge in [-0.05, 0) is 56.7 Å². The largest absolute Gasteiger partial charge is 0.349 e. The minimum absolute atomic E-state index is 0.143. The van der Waals surface area contributed by atoms with Crippen LogP contribution < -0.4 is 5.32 Å². The van der Waals surface area contributed by atoms with E-state index in [2.05, 4.69) is 27.3 Å². The van der Waals surface area contributed by atoms with E-state index in [1.807, 2.05) is 20.8 Å². The van der Waals surface area contributed by atoms with Crippen LogP contribution in [0, 0.1) is 19.8 Å². The van der Waals surface area contributed by atoms with Crippen molar-refractivity contribution in [3.05, 3.63) is 50.1 Å². The maximum Gasteiger partial charge on any atom is 0.224 e. The molecule has 0 unspecified atom stereocenters. The average molecular weight is 444 g/mol. The molecule has 136 valence electrons. The SMILES string of the molecule is Cc1cc([C@@H](C)NC(=O)[C@H](C)CS(=O)(=O)c2ccc(Br)cc2)c(C)s1. The van der Waals surface area contributed by atoms with Crippen molar-refractivity contribution in [2.24, 2.45) is 5.92 Å². The Balaban J connectivity index is 2.04. The Morgan fingerprint density at radius 1 is 1.20 bits per heavy atom. The lowest BCUT2D eigenvalue weighted by molar-refractivity contribution is -0.124. The summed E-state index contributed by atoms with van der Waals surface area (Å²) in [5, 5.41) is 2.93. The molecule has 7 heteroatoms. The molecule has 1 N–H and O–H groups in total. The van der Waals surface area contributed by atoms with Crippen LogP contribution in [0.15, 0.2) is 39.7 Å². The molecule has 2 aromatic rings. The summed E-state index contributed by atoms with van der Waals surface area (Å²) in [5.41, 5.74) is 1.08. The fourth-order valence-electron chi connectivity index (χ4n) is 2.66. The van der Waals surface area contributed by atoms with E-state index < -0.39 is 15.8 Å². The van der Waals surface area contributed by atoms with Gasteiger partial charge in [-0.25, -0.2) is 8.42 Å². The van der Waals surface area contributed by atoms with Crippen LogP contribution in [0.4, 0.5) is 0 Å². The number of carbonyl (C=O) groups is 1. The normalized spacial score (nSPS) is 14.1. The van der Waals surface area contributed by atoms with Gasteiger partial charge in [0.15, 0.2) is 9.84 Å². The quantitative estimate of drug-likeness (QED) is 0.718. The lowest BCUT2D eigenvalue weighted by Gasteiger charge is -2.18. The number of nitrogens with one attached hydrogen (secondary N) is 1. The second-order valence-corrected chi connectivity index (χ2v) is 10.6.